The van der Waals surface area contributed by atoms with Crippen molar-refractivity contribution in [2.24, 2.45) is 5.92 Å². The standard InChI is InChI=1S/C23H25N3O2/c1-16-8-9-20(17(2)14-16)23(27)26-12-10-18(11-13-26)15-21-24-25-22(28-21)19-6-4-3-5-7-19/h3-9,14,18H,10-13,15H2,1-2H3. The van der Waals surface area contributed by atoms with Crippen LogP contribution in [0.3, 0.4) is 0 Å². The lowest BCUT2D eigenvalue weighted by Crippen LogP contribution is -2.39. The predicted octanol–water partition coefficient (Wildman–Crippen LogP) is 4.45. The van der Waals surface area contributed by atoms with Crippen molar-refractivity contribution in [2.45, 2.75) is 33.1 Å². The van der Waals surface area contributed by atoms with Crippen molar-refractivity contribution >= 4 is 5.91 Å². The summed E-state index contributed by atoms with van der Waals surface area (Å²) in [5.74, 6) is 1.85. The number of carbonyl (C=O) groups is 1. The van der Waals surface area contributed by atoms with E-state index >= 15 is 0 Å². The molecule has 1 saturated heterocycles. The number of hydrogen-bond acceptors (Lipinski definition) is 4. The summed E-state index contributed by atoms with van der Waals surface area (Å²) in [4.78, 5) is 14.8. The van der Waals surface area contributed by atoms with Crippen LogP contribution in [0.1, 0.15) is 40.2 Å². The Morgan fingerprint density at radius 1 is 1.07 bits per heavy atom. The van der Waals surface area contributed by atoms with Gasteiger partial charge >= 0.3 is 0 Å². The molecule has 0 bridgehead atoms. The predicted molar refractivity (Wildman–Crippen MR) is 108 cm³/mol. The van der Waals surface area contributed by atoms with Crippen LogP contribution in [0.25, 0.3) is 11.5 Å². The number of hydrogen-bond donors (Lipinski definition) is 0. The summed E-state index contributed by atoms with van der Waals surface area (Å²) in [5, 5.41) is 8.38. The first-order chi connectivity index (χ1) is 13.6. The number of nitrogens with zero attached hydrogens (tertiary/aromatic N) is 3. The van der Waals surface area contributed by atoms with Crippen molar-refractivity contribution in [1.82, 2.24) is 15.1 Å². The normalized spacial score (nSPS) is 15.0. The first-order valence-corrected chi connectivity index (χ1v) is 9.84. The summed E-state index contributed by atoms with van der Waals surface area (Å²) in [6, 6.07) is 15.8. The van der Waals surface area contributed by atoms with Gasteiger partial charge in [0.2, 0.25) is 11.8 Å². The average Bonchev–Trinajstić information content (AvgIpc) is 3.17. The number of likely N-dealkylation sites (tertiary alicyclic amines) is 1. The zero-order chi connectivity index (χ0) is 19.5. The molecule has 0 aliphatic carbocycles. The number of amides is 1. The van der Waals surface area contributed by atoms with Gasteiger partial charge in [0.05, 0.1) is 0 Å². The molecular weight excluding hydrogens is 350 g/mol. The molecule has 3 aromatic rings. The van der Waals surface area contributed by atoms with Crippen LogP contribution in [0.15, 0.2) is 52.9 Å². The lowest BCUT2D eigenvalue weighted by molar-refractivity contribution is 0.0687. The maximum absolute atomic E-state index is 12.8. The van der Waals surface area contributed by atoms with Gasteiger partial charge in [-0.1, -0.05) is 35.9 Å². The van der Waals surface area contributed by atoms with E-state index in [-0.39, 0.29) is 5.91 Å². The molecule has 0 unspecified atom stereocenters. The van der Waals surface area contributed by atoms with Gasteiger partial charge in [-0.15, -0.1) is 10.2 Å². The zero-order valence-corrected chi connectivity index (χ0v) is 16.4. The molecule has 2 aromatic carbocycles. The van der Waals surface area contributed by atoms with Crippen LogP contribution in [0, 0.1) is 19.8 Å². The number of piperidine rings is 1. The van der Waals surface area contributed by atoms with E-state index in [9.17, 15) is 4.79 Å². The number of carbonyl (C=O) groups excluding carboxylic acids is 1. The highest BCUT2D eigenvalue weighted by Crippen LogP contribution is 2.25. The van der Waals surface area contributed by atoms with Crippen molar-refractivity contribution in [3.8, 4) is 11.5 Å². The minimum absolute atomic E-state index is 0.139. The molecule has 0 atom stereocenters. The quantitative estimate of drug-likeness (QED) is 0.676. The maximum Gasteiger partial charge on any atom is 0.254 e. The van der Waals surface area contributed by atoms with Crippen molar-refractivity contribution in [1.29, 1.82) is 0 Å². The second-order valence-corrected chi connectivity index (χ2v) is 7.63. The Hall–Kier alpha value is -2.95. The first kappa shape index (κ1) is 18.4. The second-order valence-electron chi connectivity index (χ2n) is 7.63. The van der Waals surface area contributed by atoms with Crippen LogP contribution >= 0.6 is 0 Å². The average molecular weight is 375 g/mol. The van der Waals surface area contributed by atoms with Gasteiger partial charge in [0.1, 0.15) is 0 Å². The van der Waals surface area contributed by atoms with E-state index < -0.39 is 0 Å². The van der Waals surface area contributed by atoms with E-state index in [4.69, 9.17) is 4.42 Å². The fraction of sp³-hybridized carbons (Fsp3) is 0.348. The smallest absolute Gasteiger partial charge is 0.254 e. The minimum Gasteiger partial charge on any atom is -0.421 e. The zero-order valence-electron chi connectivity index (χ0n) is 16.4. The summed E-state index contributed by atoms with van der Waals surface area (Å²) in [5.41, 5.74) is 3.98. The third-order valence-corrected chi connectivity index (χ3v) is 5.46. The molecule has 1 amide bonds. The number of rotatable bonds is 4. The fourth-order valence-corrected chi connectivity index (χ4v) is 3.84. The van der Waals surface area contributed by atoms with Crippen molar-refractivity contribution < 1.29 is 9.21 Å². The molecule has 1 aliphatic rings. The summed E-state index contributed by atoms with van der Waals surface area (Å²) in [6.45, 7) is 5.60. The topological polar surface area (TPSA) is 59.2 Å². The Labute approximate surface area is 165 Å². The molecule has 28 heavy (non-hydrogen) atoms. The van der Waals surface area contributed by atoms with E-state index in [0.717, 1.165) is 49.0 Å². The molecular formula is C23H25N3O2. The van der Waals surface area contributed by atoms with E-state index in [0.29, 0.717) is 17.7 Å². The molecule has 0 radical (unpaired) electrons. The third-order valence-electron chi connectivity index (χ3n) is 5.46. The van der Waals surface area contributed by atoms with Crippen LogP contribution in [-0.4, -0.2) is 34.1 Å². The fourth-order valence-electron chi connectivity index (χ4n) is 3.84. The summed E-state index contributed by atoms with van der Waals surface area (Å²) < 4.78 is 5.84. The molecule has 0 saturated carbocycles. The Balaban J connectivity index is 1.34. The molecule has 5 nitrogen and oxygen atoms in total. The van der Waals surface area contributed by atoms with Crippen LogP contribution in [0.5, 0.6) is 0 Å². The SMILES string of the molecule is Cc1ccc(C(=O)N2CCC(Cc3nnc(-c4ccccc4)o3)CC2)c(C)c1. The van der Waals surface area contributed by atoms with E-state index in [1.165, 1.54) is 5.56 Å². The first-order valence-electron chi connectivity index (χ1n) is 9.84. The highest BCUT2D eigenvalue weighted by molar-refractivity contribution is 5.95. The summed E-state index contributed by atoms with van der Waals surface area (Å²) in [7, 11) is 0. The third kappa shape index (κ3) is 3.98. The Morgan fingerprint density at radius 2 is 1.82 bits per heavy atom. The van der Waals surface area contributed by atoms with Gasteiger partial charge in [-0.3, -0.25) is 4.79 Å². The number of benzene rings is 2. The minimum atomic E-state index is 0.139. The molecule has 1 aromatic heterocycles. The molecule has 144 valence electrons. The van der Waals surface area contributed by atoms with Crippen molar-refractivity contribution in [3.05, 3.63) is 71.1 Å². The van der Waals surface area contributed by atoms with Crippen LogP contribution in [0.4, 0.5) is 0 Å². The molecule has 1 fully saturated rings. The molecule has 4 rings (SSSR count). The van der Waals surface area contributed by atoms with Crippen molar-refractivity contribution in [3.63, 3.8) is 0 Å². The van der Waals surface area contributed by atoms with E-state index in [1.807, 2.05) is 61.2 Å². The van der Waals surface area contributed by atoms with E-state index in [2.05, 4.69) is 16.3 Å². The Morgan fingerprint density at radius 3 is 2.54 bits per heavy atom. The van der Waals surface area contributed by atoms with Gasteiger partial charge in [-0.2, -0.15) is 0 Å². The lowest BCUT2D eigenvalue weighted by atomic mass is 9.93. The van der Waals surface area contributed by atoms with Gasteiger partial charge in [0.25, 0.3) is 5.91 Å². The Kier molecular flexibility index (Phi) is 5.24. The molecule has 2 heterocycles. The number of aryl methyl sites for hydroxylation is 2. The van der Waals surface area contributed by atoms with Crippen LogP contribution in [0.2, 0.25) is 0 Å². The summed E-state index contributed by atoms with van der Waals surface area (Å²) >= 11 is 0. The molecule has 0 spiro atoms. The number of aromatic nitrogens is 2. The van der Waals surface area contributed by atoms with Gasteiger partial charge in [-0.05, 0) is 56.4 Å². The molecule has 0 N–H and O–H groups in total. The van der Waals surface area contributed by atoms with Gasteiger partial charge in [-0.25, -0.2) is 0 Å². The van der Waals surface area contributed by atoms with Gasteiger partial charge in [0, 0.05) is 30.6 Å². The van der Waals surface area contributed by atoms with Gasteiger partial charge in [0.15, 0.2) is 0 Å². The lowest BCUT2D eigenvalue weighted by Gasteiger charge is -2.32. The highest BCUT2D eigenvalue weighted by Gasteiger charge is 2.26. The Bertz CT molecular complexity index is 957. The van der Waals surface area contributed by atoms with Crippen molar-refractivity contribution in [2.75, 3.05) is 13.1 Å². The van der Waals surface area contributed by atoms with Gasteiger partial charge < -0.3 is 9.32 Å². The van der Waals surface area contributed by atoms with Crippen LogP contribution < -0.4 is 0 Å². The van der Waals surface area contributed by atoms with E-state index in [1.54, 1.807) is 0 Å². The highest BCUT2D eigenvalue weighted by atomic mass is 16.4. The largest absolute Gasteiger partial charge is 0.421 e. The molecule has 5 heteroatoms. The van der Waals surface area contributed by atoms with Crippen LogP contribution in [-0.2, 0) is 6.42 Å². The maximum atomic E-state index is 12.8. The summed E-state index contributed by atoms with van der Waals surface area (Å²) in [6.07, 6.45) is 2.69. The second kappa shape index (κ2) is 7.97. The molecule has 1 aliphatic heterocycles. The monoisotopic (exact) mass is 375 g/mol.